The molecule has 5 nitrogen and oxygen atoms in total. The molecule has 0 bridgehead atoms. The first-order chi connectivity index (χ1) is 15.4. The molecule has 1 unspecified atom stereocenters. The van der Waals surface area contributed by atoms with E-state index in [2.05, 4.69) is 24.4 Å². The van der Waals surface area contributed by atoms with Crippen molar-refractivity contribution in [2.45, 2.75) is 48.5 Å². The van der Waals surface area contributed by atoms with E-state index >= 15 is 0 Å². The van der Waals surface area contributed by atoms with Crippen LogP contribution in [-0.4, -0.2) is 26.5 Å². The molecule has 8 heteroatoms. The number of nitrogens with one attached hydrogen (secondary N) is 1. The van der Waals surface area contributed by atoms with E-state index in [0.717, 1.165) is 34.6 Å². The standard InChI is InChI=1S/C24H24ClN3O2S2/c1-15-8-9-18(13-19(15)25)26-21(29)14-31-24-27-20-12-16(2)32-22(20)23(30)28(24)11-10-17-6-4-3-5-7-17/h3-9,13,16H,10-12,14H2,1-2H3,(H,26,29). The molecule has 3 aromatic rings. The van der Waals surface area contributed by atoms with Crippen LogP contribution in [0.4, 0.5) is 5.69 Å². The van der Waals surface area contributed by atoms with Gasteiger partial charge in [-0.2, -0.15) is 0 Å². The summed E-state index contributed by atoms with van der Waals surface area (Å²) in [7, 11) is 0. The zero-order valence-electron chi connectivity index (χ0n) is 17.9. The van der Waals surface area contributed by atoms with E-state index < -0.39 is 0 Å². The molecule has 0 saturated heterocycles. The first kappa shape index (κ1) is 23.0. The van der Waals surface area contributed by atoms with Crippen LogP contribution < -0.4 is 10.9 Å². The molecule has 1 amide bonds. The summed E-state index contributed by atoms with van der Waals surface area (Å²) in [6.45, 7) is 4.54. The van der Waals surface area contributed by atoms with Gasteiger partial charge >= 0.3 is 0 Å². The van der Waals surface area contributed by atoms with Gasteiger partial charge in [-0.3, -0.25) is 14.2 Å². The topological polar surface area (TPSA) is 64.0 Å². The summed E-state index contributed by atoms with van der Waals surface area (Å²) < 4.78 is 1.72. The Hall–Kier alpha value is -2.22. The van der Waals surface area contributed by atoms with Crippen molar-refractivity contribution in [1.82, 2.24) is 9.55 Å². The van der Waals surface area contributed by atoms with Crippen molar-refractivity contribution >= 4 is 46.7 Å². The number of thioether (sulfide) groups is 2. The second-order valence-electron chi connectivity index (χ2n) is 7.80. The lowest BCUT2D eigenvalue weighted by Gasteiger charge is -2.14. The molecule has 0 fully saturated rings. The van der Waals surface area contributed by atoms with Crippen LogP contribution >= 0.6 is 35.1 Å². The molecular weight excluding hydrogens is 462 g/mol. The second-order valence-corrected chi connectivity index (χ2v) is 10.6. The molecule has 1 aromatic heterocycles. The van der Waals surface area contributed by atoms with E-state index in [1.165, 1.54) is 11.8 Å². The average molecular weight is 486 g/mol. The molecule has 1 aliphatic heterocycles. The molecular formula is C24H24ClN3O2S2. The summed E-state index contributed by atoms with van der Waals surface area (Å²) in [4.78, 5) is 31.3. The summed E-state index contributed by atoms with van der Waals surface area (Å²) in [6.07, 6.45) is 1.50. The normalized spacial score (nSPS) is 14.9. The molecule has 166 valence electrons. The summed E-state index contributed by atoms with van der Waals surface area (Å²) in [5.74, 6) is -0.00730. The SMILES string of the molecule is Cc1ccc(NC(=O)CSc2nc3c(c(=O)n2CCc2ccccc2)SC(C)C3)cc1Cl. The van der Waals surface area contributed by atoms with Gasteiger partial charge in [0.2, 0.25) is 5.91 Å². The van der Waals surface area contributed by atoms with E-state index in [-0.39, 0.29) is 17.2 Å². The minimum atomic E-state index is -0.165. The van der Waals surface area contributed by atoms with Crippen LogP contribution in [-0.2, 0) is 24.2 Å². The summed E-state index contributed by atoms with van der Waals surface area (Å²) in [5, 5.41) is 4.41. The van der Waals surface area contributed by atoms with Gasteiger partial charge in [-0.15, -0.1) is 11.8 Å². The van der Waals surface area contributed by atoms with Gasteiger partial charge < -0.3 is 5.32 Å². The molecule has 32 heavy (non-hydrogen) atoms. The Labute approximate surface area is 201 Å². The molecule has 2 heterocycles. The number of aromatic nitrogens is 2. The van der Waals surface area contributed by atoms with Gasteiger partial charge in [0.15, 0.2) is 5.16 Å². The third-order valence-electron chi connectivity index (χ3n) is 5.22. The molecule has 1 N–H and O–H groups in total. The fraction of sp³-hybridized carbons (Fsp3) is 0.292. The Kier molecular flexibility index (Phi) is 7.28. The fourth-order valence-electron chi connectivity index (χ4n) is 3.52. The highest BCUT2D eigenvalue weighted by molar-refractivity contribution is 8.00. The number of nitrogens with zero attached hydrogens (tertiary/aromatic N) is 2. The maximum atomic E-state index is 13.2. The molecule has 1 atom stereocenters. The predicted molar refractivity (Wildman–Crippen MR) is 133 cm³/mol. The number of benzene rings is 2. The first-order valence-corrected chi connectivity index (χ1v) is 12.7. The van der Waals surface area contributed by atoms with Gasteiger partial charge in [0, 0.05) is 28.9 Å². The van der Waals surface area contributed by atoms with Crippen molar-refractivity contribution in [3.8, 4) is 0 Å². The molecule has 0 radical (unpaired) electrons. The first-order valence-electron chi connectivity index (χ1n) is 10.4. The van der Waals surface area contributed by atoms with Crippen molar-refractivity contribution in [1.29, 1.82) is 0 Å². The third-order valence-corrected chi connectivity index (χ3v) is 7.82. The number of halogens is 1. The lowest BCUT2D eigenvalue weighted by molar-refractivity contribution is -0.113. The van der Waals surface area contributed by atoms with Crippen molar-refractivity contribution < 1.29 is 4.79 Å². The minimum absolute atomic E-state index is 0.00601. The lowest BCUT2D eigenvalue weighted by atomic mass is 10.1. The van der Waals surface area contributed by atoms with Crippen LogP contribution in [0.5, 0.6) is 0 Å². The number of hydrogen-bond donors (Lipinski definition) is 1. The number of hydrogen-bond acceptors (Lipinski definition) is 5. The Balaban J connectivity index is 1.51. The highest BCUT2D eigenvalue weighted by atomic mass is 35.5. The smallest absolute Gasteiger partial charge is 0.268 e. The van der Waals surface area contributed by atoms with Crippen LogP contribution in [0.2, 0.25) is 5.02 Å². The minimum Gasteiger partial charge on any atom is -0.325 e. The van der Waals surface area contributed by atoms with Crippen LogP contribution in [0.1, 0.15) is 23.7 Å². The molecule has 4 rings (SSSR count). The Morgan fingerprint density at radius 1 is 1.28 bits per heavy atom. The highest BCUT2D eigenvalue weighted by Crippen LogP contribution is 2.34. The van der Waals surface area contributed by atoms with E-state index in [4.69, 9.17) is 16.6 Å². The largest absolute Gasteiger partial charge is 0.325 e. The van der Waals surface area contributed by atoms with Crippen LogP contribution in [0.15, 0.2) is 63.4 Å². The predicted octanol–water partition coefficient (Wildman–Crippen LogP) is 5.22. The van der Waals surface area contributed by atoms with E-state index in [1.807, 2.05) is 37.3 Å². The number of anilines is 1. The fourth-order valence-corrected chi connectivity index (χ4v) is 5.66. The third kappa shape index (κ3) is 5.39. The van der Waals surface area contributed by atoms with Crippen molar-refractivity contribution in [3.05, 3.63) is 80.7 Å². The molecule has 0 saturated carbocycles. The van der Waals surface area contributed by atoms with E-state index in [1.54, 1.807) is 22.4 Å². The maximum Gasteiger partial charge on any atom is 0.268 e. The summed E-state index contributed by atoms with van der Waals surface area (Å²) in [5.41, 5.74) is 3.60. The second kappa shape index (κ2) is 10.1. The monoisotopic (exact) mass is 485 g/mol. The molecule has 0 spiro atoms. The lowest BCUT2D eigenvalue weighted by Crippen LogP contribution is -2.27. The van der Waals surface area contributed by atoms with Gasteiger partial charge in [-0.05, 0) is 36.6 Å². The molecule has 0 aliphatic carbocycles. The average Bonchev–Trinajstić information content (AvgIpc) is 3.15. The van der Waals surface area contributed by atoms with Crippen molar-refractivity contribution in [3.63, 3.8) is 0 Å². The van der Waals surface area contributed by atoms with Gasteiger partial charge in [-0.1, -0.05) is 66.7 Å². The van der Waals surface area contributed by atoms with Crippen molar-refractivity contribution in [2.75, 3.05) is 11.1 Å². The molecule has 1 aliphatic rings. The highest BCUT2D eigenvalue weighted by Gasteiger charge is 2.26. The Morgan fingerprint density at radius 3 is 2.81 bits per heavy atom. The van der Waals surface area contributed by atoms with Crippen LogP contribution in [0.25, 0.3) is 0 Å². The Morgan fingerprint density at radius 2 is 2.06 bits per heavy atom. The number of rotatable bonds is 7. The van der Waals surface area contributed by atoms with Crippen LogP contribution in [0, 0.1) is 6.92 Å². The van der Waals surface area contributed by atoms with Gasteiger partial charge in [0.25, 0.3) is 5.56 Å². The quantitative estimate of drug-likeness (QED) is 0.367. The number of carbonyl (C=O) groups is 1. The number of aryl methyl sites for hydroxylation is 2. The number of carbonyl (C=O) groups excluding carboxylic acids is 1. The number of fused-ring (bicyclic) bond motifs is 1. The zero-order valence-corrected chi connectivity index (χ0v) is 20.3. The maximum absolute atomic E-state index is 13.2. The molecule has 2 aromatic carbocycles. The van der Waals surface area contributed by atoms with Gasteiger partial charge in [0.1, 0.15) is 0 Å². The van der Waals surface area contributed by atoms with Crippen LogP contribution in [0.3, 0.4) is 0 Å². The van der Waals surface area contributed by atoms with E-state index in [9.17, 15) is 9.59 Å². The van der Waals surface area contributed by atoms with Crippen molar-refractivity contribution in [2.24, 2.45) is 0 Å². The zero-order chi connectivity index (χ0) is 22.7. The van der Waals surface area contributed by atoms with Gasteiger partial charge in [-0.25, -0.2) is 4.98 Å². The van der Waals surface area contributed by atoms with Gasteiger partial charge in [0.05, 0.1) is 16.3 Å². The summed E-state index contributed by atoms with van der Waals surface area (Å²) in [6, 6.07) is 15.5. The van der Waals surface area contributed by atoms with E-state index in [0.29, 0.717) is 27.7 Å². The Bertz CT molecular complexity index is 1200. The number of amides is 1. The summed E-state index contributed by atoms with van der Waals surface area (Å²) >= 11 is 9.04.